The molecule has 3 rings (SSSR count). The van der Waals surface area contributed by atoms with Crippen molar-refractivity contribution in [2.75, 3.05) is 13.2 Å². The van der Waals surface area contributed by atoms with Crippen LogP contribution in [0.25, 0.3) is 0 Å². The average Bonchev–Trinajstić information content (AvgIpc) is 2.84. The first kappa shape index (κ1) is 30.7. The number of hydrogen-bond donors (Lipinski definition) is 2. The third-order valence-electron chi connectivity index (χ3n) is 6.19. The fourth-order valence-electron chi connectivity index (χ4n) is 4.25. The molecule has 0 spiro atoms. The molecule has 194 valence electrons. The zero-order chi connectivity index (χ0) is 26.2. The molecule has 2 aromatic carbocycles. The molecule has 1 atom stereocenters. The van der Waals surface area contributed by atoms with Crippen LogP contribution in [-0.2, 0) is 17.6 Å². The van der Waals surface area contributed by atoms with Crippen molar-refractivity contribution in [3.8, 4) is 23.0 Å². The Kier molecular flexibility index (Phi) is 11.9. The van der Waals surface area contributed by atoms with Crippen LogP contribution in [-0.4, -0.2) is 47.1 Å². The Hall–Kier alpha value is -2.55. The van der Waals surface area contributed by atoms with E-state index in [0.717, 1.165) is 31.2 Å². The number of fused-ring (bicyclic) bond motifs is 1. The van der Waals surface area contributed by atoms with Crippen LogP contribution in [0.15, 0.2) is 24.3 Å². The smallest absolute Gasteiger partial charge is 0.507 e. The maximum atomic E-state index is 12.1. The number of carboxylic acids is 1. The number of aliphatic carboxylic acids is 1. The summed E-state index contributed by atoms with van der Waals surface area (Å²) in [5, 5.41) is 19.7. The maximum Gasteiger partial charge on any atom is 1.00 e. The fraction of sp³-hybridized carbons (Fsp3) is 0.464. The molecule has 1 aliphatic rings. The van der Waals surface area contributed by atoms with E-state index in [4.69, 9.17) is 14.2 Å². The van der Waals surface area contributed by atoms with E-state index in [1.54, 1.807) is 24.3 Å². The topological polar surface area (TPSA) is 119 Å². The van der Waals surface area contributed by atoms with E-state index in [1.807, 2.05) is 6.92 Å². The van der Waals surface area contributed by atoms with Crippen LogP contribution in [0.2, 0.25) is 0 Å². The minimum absolute atomic E-state index is 0. The summed E-state index contributed by atoms with van der Waals surface area (Å²) >= 11 is 0. The number of phenolic OH excluding ortho intramolecular Hbond substituents is 1. The SMILES string of the molecule is CCCc1c(OCCCCCOc2cc3c(cc2C(C)=O)CCC(C(=O)O)O3)ccc(C(C)=O)c1O.[Na+]. The predicted octanol–water partition coefficient (Wildman–Crippen LogP) is 2.16. The van der Waals surface area contributed by atoms with Gasteiger partial charge in [0.15, 0.2) is 17.7 Å². The molecule has 0 fully saturated rings. The number of carbonyl (C=O) groups is 3. The van der Waals surface area contributed by atoms with Crippen molar-refractivity contribution in [2.24, 2.45) is 0 Å². The number of ether oxygens (including phenoxy) is 3. The second kappa shape index (κ2) is 14.4. The molecular formula is C28H34NaO8+. The molecule has 2 aromatic rings. The average molecular weight is 522 g/mol. The first-order valence-electron chi connectivity index (χ1n) is 12.4. The van der Waals surface area contributed by atoms with E-state index in [0.29, 0.717) is 66.4 Å². The van der Waals surface area contributed by atoms with Gasteiger partial charge in [-0.3, -0.25) is 9.59 Å². The molecule has 1 unspecified atom stereocenters. The molecule has 0 radical (unpaired) electrons. The number of carbonyl (C=O) groups excluding carboxylic acids is 2. The predicted molar refractivity (Wildman–Crippen MR) is 134 cm³/mol. The molecule has 37 heavy (non-hydrogen) atoms. The number of phenols is 1. The Morgan fingerprint density at radius 1 is 0.973 bits per heavy atom. The number of aryl methyl sites for hydroxylation is 1. The second-order valence-corrected chi connectivity index (χ2v) is 9.00. The Morgan fingerprint density at radius 3 is 2.22 bits per heavy atom. The van der Waals surface area contributed by atoms with Gasteiger partial charge in [0.2, 0.25) is 0 Å². The number of carboxylic acid groups (broad SMARTS) is 1. The third-order valence-corrected chi connectivity index (χ3v) is 6.19. The minimum Gasteiger partial charge on any atom is -0.507 e. The second-order valence-electron chi connectivity index (χ2n) is 9.00. The molecule has 8 nitrogen and oxygen atoms in total. The van der Waals surface area contributed by atoms with Crippen LogP contribution in [0.4, 0.5) is 0 Å². The molecule has 0 aromatic heterocycles. The molecule has 1 aliphatic heterocycles. The van der Waals surface area contributed by atoms with Gasteiger partial charge in [-0.15, -0.1) is 0 Å². The minimum atomic E-state index is -1.01. The van der Waals surface area contributed by atoms with Crippen molar-refractivity contribution in [1.29, 1.82) is 0 Å². The Labute approximate surface area is 239 Å². The summed E-state index contributed by atoms with van der Waals surface area (Å²) in [6.45, 7) is 5.74. The summed E-state index contributed by atoms with van der Waals surface area (Å²) in [5.74, 6) is 0.126. The Bertz CT molecular complexity index is 1130. The summed E-state index contributed by atoms with van der Waals surface area (Å²) in [5.41, 5.74) is 2.24. The van der Waals surface area contributed by atoms with Crippen molar-refractivity contribution in [2.45, 2.75) is 71.8 Å². The molecule has 0 aliphatic carbocycles. The van der Waals surface area contributed by atoms with Gasteiger partial charge in [0.05, 0.1) is 24.3 Å². The van der Waals surface area contributed by atoms with Gasteiger partial charge in [0.25, 0.3) is 0 Å². The monoisotopic (exact) mass is 521 g/mol. The van der Waals surface area contributed by atoms with Crippen LogP contribution in [0.5, 0.6) is 23.0 Å². The number of Topliss-reactive ketones (excluding diaryl/α,β-unsaturated/α-hetero) is 2. The van der Waals surface area contributed by atoms with E-state index < -0.39 is 12.1 Å². The summed E-state index contributed by atoms with van der Waals surface area (Å²) in [7, 11) is 0. The number of rotatable bonds is 13. The molecule has 0 amide bonds. The quantitative estimate of drug-likeness (QED) is 0.234. The normalized spacial score (nSPS) is 14.1. The molecule has 0 saturated carbocycles. The van der Waals surface area contributed by atoms with Crippen molar-refractivity contribution < 1.29 is 68.4 Å². The number of aromatic hydroxyl groups is 1. The number of hydrogen-bond acceptors (Lipinski definition) is 7. The van der Waals surface area contributed by atoms with Gasteiger partial charge in [-0.2, -0.15) is 0 Å². The zero-order valence-corrected chi connectivity index (χ0v) is 24.1. The van der Waals surface area contributed by atoms with Crippen LogP contribution >= 0.6 is 0 Å². The summed E-state index contributed by atoms with van der Waals surface area (Å²) in [4.78, 5) is 35.1. The number of unbranched alkanes of at least 4 members (excludes halogenated alkanes) is 2. The van der Waals surface area contributed by atoms with Gasteiger partial charge in [-0.25, -0.2) is 4.79 Å². The first-order valence-corrected chi connectivity index (χ1v) is 12.4. The number of ketones is 2. The van der Waals surface area contributed by atoms with E-state index in [9.17, 15) is 24.6 Å². The Morgan fingerprint density at radius 2 is 1.62 bits per heavy atom. The summed E-state index contributed by atoms with van der Waals surface area (Å²) < 4.78 is 17.3. The van der Waals surface area contributed by atoms with Gasteiger partial charge in [0, 0.05) is 11.6 Å². The largest absolute Gasteiger partial charge is 1.00 e. The molecule has 9 heteroatoms. The fourth-order valence-corrected chi connectivity index (χ4v) is 4.25. The van der Waals surface area contributed by atoms with Crippen LogP contribution in [0.3, 0.4) is 0 Å². The molecule has 0 bridgehead atoms. The third kappa shape index (κ3) is 7.97. The van der Waals surface area contributed by atoms with Gasteiger partial charge in [0.1, 0.15) is 23.0 Å². The molecule has 2 N–H and O–H groups in total. The van der Waals surface area contributed by atoms with Gasteiger partial charge in [-0.05, 0) is 76.1 Å². The van der Waals surface area contributed by atoms with Crippen molar-refractivity contribution in [3.05, 3.63) is 46.5 Å². The van der Waals surface area contributed by atoms with E-state index in [-0.39, 0.29) is 46.9 Å². The summed E-state index contributed by atoms with van der Waals surface area (Å²) in [6, 6.07) is 6.69. The van der Waals surface area contributed by atoms with Gasteiger partial charge < -0.3 is 24.4 Å². The molecular weight excluding hydrogens is 487 g/mol. The van der Waals surface area contributed by atoms with E-state index in [1.165, 1.54) is 13.8 Å². The van der Waals surface area contributed by atoms with Crippen molar-refractivity contribution >= 4 is 17.5 Å². The Balaban J connectivity index is 0.00000481. The van der Waals surface area contributed by atoms with Crippen LogP contribution in [0, 0.1) is 0 Å². The van der Waals surface area contributed by atoms with Gasteiger partial charge >= 0.3 is 35.5 Å². The summed E-state index contributed by atoms with van der Waals surface area (Å²) in [6.07, 6.45) is 3.74. The van der Waals surface area contributed by atoms with Crippen molar-refractivity contribution in [3.63, 3.8) is 0 Å². The number of benzene rings is 2. The standard InChI is InChI=1S/C28H34O8.Na/c1-4-8-21-23(12-10-20(17(2)29)27(21)31)34-13-6-5-7-14-35-26-16-25-19(15-22(26)18(3)30)9-11-24(36-25)28(32)33;/h10,12,15-16,24,31H,4-9,11,13-14H2,1-3H3,(H,32,33);/q;+1. The van der Waals surface area contributed by atoms with Crippen LogP contribution in [0.1, 0.15) is 84.7 Å². The maximum absolute atomic E-state index is 12.1. The first-order chi connectivity index (χ1) is 17.2. The van der Waals surface area contributed by atoms with Gasteiger partial charge in [-0.1, -0.05) is 13.3 Å². The van der Waals surface area contributed by atoms with Crippen molar-refractivity contribution in [1.82, 2.24) is 0 Å². The van der Waals surface area contributed by atoms with Crippen LogP contribution < -0.4 is 43.8 Å². The zero-order valence-electron chi connectivity index (χ0n) is 22.1. The molecule has 0 saturated heterocycles. The van der Waals surface area contributed by atoms with E-state index in [2.05, 4.69) is 0 Å². The molecule has 1 heterocycles. The van der Waals surface area contributed by atoms with E-state index >= 15 is 0 Å².